The van der Waals surface area contributed by atoms with Crippen molar-refractivity contribution in [2.24, 2.45) is 0 Å². The molecule has 5 nitrogen and oxygen atoms in total. The number of hydrogen-bond donors (Lipinski definition) is 0. The van der Waals surface area contributed by atoms with Crippen molar-refractivity contribution in [1.82, 2.24) is 0 Å². The van der Waals surface area contributed by atoms with Gasteiger partial charge in [0.25, 0.3) is 5.78 Å². The second-order valence-electron chi connectivity index (χ2n) is 3.40. The van der Waals surface area contributed by atoms with Crippen molar-refractivity contribution in [3.63, 3.8) is 0 Å². The maximum Gasteiger partial charge on any atom is 0.379 e. The van der Waals surface area contributed by atoms with Crippen molar-refractivity contribution in [3.05, 3.63) is 45.3 Å². The molecule has 0 aliphatic rings. The van der Waals surface area contributed by atoms with E-state index in [0.717, 1.165) is 7.11 Å². The molecule has 0 atom stereocenters. The largest absolute Gasteiger partial charge is 0.463 e. The molecule has 1 aromatic carbocycles. The summed E-state index contributed by atoms with van der Waals surface area (Å²) in [7, 11) is 1.04. The zero-order chi connectivity index (χ0) is 13.3. The van der Waals surface area contributed by atoms with Crippen molar-refractivity contribution < 1.29 is 18.7 Å². The minimum absolute atomic E-state index is 0.114. The van der Waals surface area contributed by atoms with Crippen molar-refractivity contribution >= 4 is 34.3 Å². The Labute approximate surface area is 106 Å². The fourth-order valence-corrected chi connectivity index (χ4v) is 1.82. The van der Waals surface area contributed by atoms with Gasteiger partial charge in [0.2, 0.25) is 0 Å². The molecule has 92 valence electrons. The summed E-state index contributed by atoms with van der Waals surface area (Å²) in [6.07, 6.45) is 0. The molecular formula is C12H7ClO5. The minimum atomic E-state index is -1.17. The molecule has 1 aromatic heterocycles. The first-order valence-corrected chi connectivity index (χ1v) is 5.28. The highest BCUT2D eigenvalue weighted by atomic mass is 35.5. The van der Waals surface area contributed by atoms with Gasteiger partial charge in [0.05, 0.1) is 12.1 Å². The number of Topliss-reactive ketones (excluding diaryl/α,β-unsaturated/α-hetero) is 1. The van der Waals surface area contributed by atoms with Crippen LogP contribution in [0.1, 0.15) is 10.4 Å². The van der Waals surface area contributed by atoms with E-state index in [4.69, 9.17) is 16.0 Å². The van der Waals surface area contributed by atoms with Gasteiger partial charge in [0.15, 0.2) is 0 Å². The van der Waals surface area contributed by atoms with Crippen molar-refractivity contribution in [1.29, 1.82) is 0 Å². The summed E-state index contributed by atoms with van der Waals surface area (Å²) >= 11 is 5.95. The number of para-hydroxylation sites is 1. The van der Waals surface area contributed by atoms with E-state index in [1.807, 2.05) is 0 Å². The fourth-order valence-electron chi connectivity index (χ4n) is 1.50. The predicted octanol–water partition coefficient (Wildman–Crippen LogP) is 1.80. The number of fused-ring (bicyclic) bond motifs is 1. The summed E-state index contributed by atoms with van der Waals surface area (Å²) in [5, 5.41) is 0.267. The van der Waals surface area contributed by atoms with E-state index in [0.29, 0.717) is 5.39 Å². The maximum absolute atomic E-state index is 11.6. The average molecular weight is 267 g/mol. The third-order valence-electron chi connectivity index (χ3n) is 2.35. The number of ketones is 1. The molecule has 2 aromatic rings. The van der Waals surface area contributed by atoms with Crippen molar-refractivity contribution in [2.75, 3.05) is 7.11 Å². The Kier molecular flexibility index (Phi) is 3.16. The van der Waals surface area contributed by atoms with Gasteiger partial charge in [-0.05, 0) is 12.1 Å². The molecule has 0 spiro atoms. The van der Waals surface area contributed by atoms with E-state index in [1.165, 1.54) is 6.07 Å². The summed E-state index contributed by atoms with van der Waals surface area (Å²) in [5.74, 6) is -2.29. The first kappa shape index (κ1) is 12.3. The number of carbonyl (C=O) groups excluding carboxylic acids is 2. The first-order chi connectivity index (χ1) is 8.56. The van der Waals surface area contributed by atoms with E-state index >= 15 is 0 Å². The third kappa shape index (κ3) is 1.89. The first-order valence-electron chi connectivity index (χ1n) is 4.90. The lowest BCUT2D eigenvalue weighted by atomic mass is 10.1. The average Bonchev–Trinajstić information content (AvgIpc) is 2.37. The molecule has 0 aliphatic heterocycles. The number of methoxy groups -OCH3 is 1. The van der Waals surface area contributed by atoms with Crippen LogP contribution in [0.5, 0.6) is 0 Å². The molecule has 0 amide bonds. The lowest BCUT2D eigenvalue weighted by Gasteiger charge is -2.03. The summed E-state index contributed by atoms with van der Waals surface area (Å²) < 4.78 is 9.18. The van der Waals surface area contributed by atoms with Gasteiger partial charge in [-0.25, -0.2) is 9.59 Å². The zero-order valence-electron chi connectivity index (χ0n) is 9.23. The Balaban J connectivity index is 2.76. The second kappa shape index (κ2) is 4.62. The van der Waals surface area contributed by atoms with Gasteiger partial charge in [-0.3, -0.25) is 4.79 Å². The van der Waals surface area contributed by atoms with Gasteiger partial charge in [0, 0.05) is 5.39 Å². The Hall–Kier alpha value is -2.14. The van der Waals surface area contributed by atoms with Gasteiger partial charge in [-0.2, -0.15) is 0 Å². The summed E-state index contributed by atoms with van der Waals surface area (Å²) in [5.41, 5.74) is -1.23. The number of carbonyl (C=O) groups is 2. The van der Waals surface area contributed by atoms with Crippen LogP contribution in [0.3, 0.4) is 0 Å². The van der Waals surface area contributed by atoms with Crippen molar-refractivity contribution in [3.8, 4) is 0 Å². The Morgan fingerprint density at radius 1 is 1.28 bits per heavy atom. The van der Waals surface area contributed by atoms with Crippen LogP contribution in [0.2, 0.25) is 5.02 Å². The topological polar surface area (TPSA) is 73.6 Å². The van der Waals surface area contributed by atoms with Crippen LogP contribution >= 0.6 is 11.6 Å². The van der Waals surface area contributed by atoms with Crippen LogP contribution in [0.15, 0.2) is 33.5 Å². The number of esters is 1. The van der Waals surface area contributed by atoms with Gasteiger partial charge in [0.1, 0.15) is 11.1 Å². The van der Waals surface area contributed by atoms with E-state index in [2.05, 4.69) is 4.74 Å². The number of rotatable bonds is 2. The number of ether oxygens (including phenoxy) is 1. The molecule has 0 fully saturated rings. The number of hydrogen-bond acceptors (Lipinski definition) is 5. The standard InChI is InChI=1S/C12H7ClO5/c1-17-12(16)10(14)8-9(13)6-4-2-3-5-7(6)18-11(8)15/h2-5H,1H3. The highest BCUT2D eigenvalue weighted by Gasteiger charge is 2.26. The summed E-state index contributed by atoms with van der Waals surface area (Å²) in [6, 6.07) is 6.44. The molecule has 0 saturated carbocycles. The van der Waals surface area contributed by atoms with Crippen LogP contribution in [0, 0.1) is 0 Å². The lowest BCUT2D eigenvalue weighted by molar-refractivity contribution is -0.135. The smallest absolute Gasteiger partial charge is 0.379 e. The zero-order valence-corrected chi connectivity index (χ0v) is 9.98. The molecule has 0 N–H and O–H groups in total. The Bertz CT molecular complexity index is 701. The highest BCUT2D eigenvalue weighted by molar-refractivity contribution is 6.47. The van der Waals surface area contributed by atoms with E-state index in [9.17, 15) is 14.4 Å². The normalized spacial score (nSPS) is 10.3. The summed E-state index contributed by atoms with van der Waals surface area (Å²) in [6.45, 7) is 0. The van der Waals surface area contributed by atoms with Crippen LogP contribution in [-0.2, 0) is 9.53 Å². The molecular weight excluding hydrogens is 260 g/mol. The predicted molar refractivity (Wildman–Crippen MR) is 63.8 cm³/mol. The van der Waals surface area contributed by atoms with Gasteiger partial charge in [-0.1, -0.05) is 23.7 Å². The third-order valence-corrected chi connectivity index (χ3v) is 2.74. The molecule has 0 aliphatic carbocycles. The van der Waals surface area contributed by atoms with Gasteiger partial charge >= 0.3 is 11.6 Å². The minimum Gasteiger partial charge on any atom is -0.463 e. The number of benzene rings is 1. The van der Waals surface area contributed by atoms with E-state index < -0.39 is 22.9 Å². The molecule has 6 heteroatoms. The SMILES string of the molecule is COC(=O)C(=O)c1c(Cl)c2ccccc2oc1=O. The van der Waals surface area contributed by atoms with Crippen LogP contribution in [-0.4, -0.2) is 18.9 Å². The molecule has 0 unspecified atom stereocenters. The Morgan fingerprint density at radius 3 is 2.61 bits per heavy atom. The molecule has 0 saturated heterocycles. The fraction of sp³-hybridized carbons (Fsp3) is 0.0833. The van der Waals surface area contributed by atoms with Gasteiger partial charge < -0.3 is 9.15 Å². The Morgan fingerprint density at radius 2 is 1.94 bits per heavy atom. The van der Waals surface area contributed by atoms with Gasteiger partial charge in [-0.15, -0.1) is 0 Å². The van der Waals surface area contributed by atoms with E-state index in [-0.39, 0.29) is 10.6 Å². The highest BCUT2D eigenvalue weighted by Crippen LogP contribution is 2.25. The van der Waals surface area contributed by atoms with Crippen LogP contribution in [0.25, 0.3) is 11.0 Å². The van der Waals surface area contributed by atoms with Crippen LogP contribution in [0.4, 0.5) is 0 Å². The second-order valence-corrected chi connectivity index (χ2v) is 3.77. The van der Waals surface area contributed by atoms with Crippen LogP contribution < -0.4 is 5.63 Å². The molecule has 1 heterocycles. The number of halogens is 1. The molecule has 0 radical (unpaired) electrons. The van der Waals surface area contributed by atoms with E-state index in [1.54, 1.807) is 18.2 Å². The lowest BCUT2D eigenvalue weighted by Crippen LogP contribution is -2.23. The molecule has 2 rings (SSSR count). The molecule has 18 heavy (non-hydrogen) atoms. The maximum atomic E-state index is 11.6. The van der Waals surface area contributed by atoms with Crippen molar-refractivity contribution in [2.45, 2.75) is 0 Å². The quantitative estimate of drug-likeness (QED) is 0.359. The molecule has 0 bridgehead atoms. The monoisotopic (exact) mass is 266 g/mol. The summed E-state index contributed by atoms with van der Waals surface area (Å²) in [4.78, 5) is 34.4.